The molecule has 0 fully saturated rings. The fraction of sp³-hybridized carbons (Fsp3) is 0.632. The lowest BCUT2D eigenvalue weighted by Gasteiger charge is -2.16. The zero-order valence-corrected chi connectivity index (χ0v) is 13.1. The largest absolute Gasteiger partial charge is 0.0654 e. The molecule has 1 aromatic rings. The summed E-state index contributed by atoms with van der Waals surface area (Å²) in [5.74, 6) is 0. The van der Waals surface area contributed by atoms with Gasteiger partial charge < -0.3 is 0 Å². The number of aryl methyl sites for hydroxylation is 2. The topological polar surface area (TPSA) is 0 Å². The summed E-state index contributed by atoms with van der Waals surface area (Å²) < 4.78 is 0. The van der Waals surface area contributed by atoms with Crippen LogP contribution in [0.1, 0.15) is 81.5 Å². The molecule has 0 nitrogen and oxygen atoms in total. The molecule has 106 valence electrons. The van der Waals surface area contributed by atoms with Crippen LogP contribution in [-0.2, 0) is 19.3 Å². The van der Waals surface area contributed by atoms with E-state index in [1.807, 2.05) is 0 Å². The summed E-state index contributed by atoms with van der Waals surface area (Å²) in [5, 5.41) is 0. The van der Waals surface area contributed by atoms with E-state index < -0.39 is 0 Å². The zero-order chi connectivity index (χ0) is 14.1. The van der Waals surface area contributed by atoms with E-state index in [9.17, 15) is 0 Å². The van der Waals surface area contributed by atoms with Crippen molar-refractivity contribution >= 4 is 0 Å². The number of hydrogen-bond donors (Lipinski definition) is 0. The van der Waals surface area contributed by atoms with Crippen LogP contribution in [0.5, 0.6) is 0 Å². The Bertz CT molecular complexity index is 363. The van der Waals surface area contributed by atoms with Crippen LogP contribution >= 0.6 is 0 Å². The van der Waals surface area contributed by atoms with Gasteiger partial charge in [-0.2, -0.15) is 0 Å². The minimum atomic E-state index is 1.09. The molecule has 0 heteroatoms. The molecule has 0 spiro atoms. The quantitative estimate of drug-likeness (QED) is 0.527. The van der Waals surface area contributed by atoms with Crippen molar-refractivity contribution in [1.29, 1.82) is 0 Å². The summed E-state index contributed by atoms with van der Waals surface area (Å²) in [4.78, 5) is 0. The standard InChI is InChI=1S/C19H30/c1-5-8-11-17-14-15-18(12-9-6-2)19(16(17)4)13-10-7-3/h4,14-15H,5-13H2,1-3H3. The first-order chi connectivity index (χ1) is 9.24. The Balaban J connectivity index is 2.94. The highest BCUT2D eigenvalue weighted by Gasteiger charge is 2.09. The second kappa shape index (κ2) is 9.18. The summed E-state index contributed by atoms with van der Waals surface area (Å²) in [6.45, 7) is 13.2. The molecule has 0 aliphatic rings. The lowest BCUT2D eigenvalue weighted by Crippen LogP contribution is -2.02. The van der Waals surface area contributed by atoms with Crippen molar-refractivity contribution in [2.45, 2.75) is 78.6 Å². The van der Waals surface area contributed by atoms with Crippen molar-refractivity contribution in [2.75, 3.05) is 0 Å². The molecule has 0 amide bonds. The van der Waals surface area contributed by atoms with Crippen LogP contribution in [0, 0.1) is 6.92 Å². The van der Waals surface area contributed by atoms with E-state index in [1.54, 1.807) is 0 Å². The number of hydrogen-bond acceptors (Lipinski definition) is 0. The van der Waals surface area contributed by atoms with Crippen molar-refractivity contribution in [3.63, 3.8) is 0 Å². The summed E-state index contributed by atoms with van der Waals surface area (Å²) in [6, 6.07) is 4.60. The van der Waals surface area contributed by atoms with Gasteiger partial charge in [0.15, 0.2) is 0 Å². The van der Waals surface area contributed by atoms with Crippen LogP contribution in [0.3, 0.4) is 0 Å². The molecule has 1 aromatic carbocycles. The Hall–Kier alpha value is -0.780. The van der Waals surface area contributed by atoms with Gasteiger partial charge in [0.1, 0.15) is 0 Å². The monoisotopic (exact) mass is 258 g/mol. The molecule has 0 N–H and O–H groups in total. The lowest BCUT2D eigenvalue weighted by atomic mass is 9.89. The average molecular weight is 258 g/mol. The number of unbranched alkanes of at least 4 members (excludes halogenated alkanes) is 3. The zero-order valence-electron chi connectivity index (χ0n) is 13.1. The third kappa shape index (κ3) is 5.01. The van der Waals surface area contributed by atoms with E-state index in [-0.39, 0.29) is 0 Å². The lowest BCUT2D eigenvalue weighted by molar-refractivity contribution is 0.748. The van der Waals surface area contributed by atoms with Crippen molar-refractivity contribution in [3.05, 3.63) is 41.3 Å². The van der Waals surface area contributed by atoms with Crippen LogP contribution in [0.15, 0.2) is 12.1 Å². The van der Waals surface area contributed by atoms with E-state index in [2.05, 4.69) is 32.9 Å². The molecule has 0 saturated carbocycles. The fourth-order valence-electron chi connectivity index (χ4n) is 2.59. The predicted octanol–water partition coefficient (Wildman–Crippen LogP) is 5.77. The van der Waals surface area contributed by atoms with Crippen LogP contribution in [0.4, 0.5) is 0 Å². The van der Waals surface area contributed by atoms with Gasteiger partial charge in [-0.25, -0.2) is 0 Å². The maximum Gasteiger partial charge on any atom is -0.000607 e. The van der Waals surface area contributed by atoms with Crippen LogP contribution in [0.25, 0.3) is 0 Å². The normalized spacial score (nSPS) is 10.9. The van der Waals surface area contributed by atoms with E-state index >= 15 is 0 Å². The smallest absolute Gasteiger partial charge is 0.000607 e. The molecule has 2 radical (unpaired) electrons. The third-order valence-electron chi connectivity index (χ3n) is 3.92. The highest BCUT2D eigenvalue weighted by Crippen LogP contribution is 2.24. The SMILES string of the molecule is [CH]c1c(CCCC)ccc(CCCC)c1CCCC. The molecule has 19 heavy (non-hydrogen) atoms. The Kier molecular flexibility index (Phi) is 7.86. The van der Waals surface area contributed by atoms with Gasteiger partial charge in [0.05, 0.1) is 0 Å². The molecular formula is C19H30. The minimum absolute atomic E-state index is 1.09. The molecule has 0 aromatic heterocycles. The predicted molar refractivity (Wildman–Crippen MR) is 85.7 cm³/mol. The molecule has 1 rings (SSSR count). The first kappa shape index (κ1) is 16.3. The maximum absolute atomic E-state index is 6.44. The second-order valence-electron chi connectivity index (χ2n) is 5.59. The minimum Gasteiger partial charge on any atom is -0.0654 e. The van der Waals surface area contributed by atoms with Crippen molar-refractivity contribution in [1.82, 2.24) is 0 Å². The maximum atomic E-state index is 6.44. The van der Waals surface area contributed by atoms with Crippen LogP contribution in [0.2, 0.25) is 0 Å². The van der Waals surface area contributed by atoms with Gasteiger partial charge >= 0.3 is 0 Å². The molecule has 0 aliphatic carbocycles. The van der Waals surface area contributed by atoms with E-state index in [0.717, 1.165) is 18.4 Å². The Labute approximate surface area is 120 Å². The van der Waals surface area contributed by atoms with E-state index in [1.165, 1.54) is 61.6 Å². The van der Waals surface area contributed by atoms with Crippen molar-refractivity contribution in [3.8, 4) is 0 Å². The average Bonchev–Trinajstić information content (AvgIpc) is 2.43. The van der Waals surface area contributed by atoms with Gasteiger partial charge in [0.2, 0.25) is 0 Å². The summed E-state index contributed by atoms with van der Waals surface area (Å²) in [6.07, 6.45) is 11.0. The Morgan fingerprint density at radius 2 is 1.21 bits per heavy atom. The van der Waals surface area contributed by atoms with Gasteiger partial charge in [-0.3, -0.25) is 0 Å². The molecule has 0 saturated heterocycles. The number of rotatable bonds is 9. The van der Waals surface area contributed by atoms with Crippen molar-refractivity contribution < 1.29 is 0 Å². The van der Waals surface area contributed by atoms with Crippen molar-refractivity contribution in [2.24, 2.45) is 0 Å². The number of benzene rings is 1. The van der Waals surface area contributed by atoms with Gasteiger partial charge in [-0.1, -0.05) is 52.2 Å². The second-order valence-corrected chi connectivity index (χ2v) is 5.59. The van der Waals surface area contributed by atoms with E-state index in [0.29, 0.717) is 0 Å². The highest BCUT2D eigenvalue weighted by atomic mass is 14.1. The first-order valence-corrected chi connectivity index (χ1v) is 8.13. The Morgan fingerprint density at radius 1 is 0.737 bits per heavy atom. The van der Waals surface area contributed by atoms with Crippen LogP contribution < -0.4 is 0 Å². The van der Waals surface area contributed by atoms with Gasteiger partial charge in [-0.05, 0) is 67.7 Å². The highest BCUT2D eigenvalue weighted by molar-refractivity contribution is 5.43. The molecule has 0 bridgehead atoms. The van der Waals surface area contributed by atoms with Gasteiger partial charge in [-0.15, -0.1) is 0 Å². The summed E-state index contributed by atoms with van der Waals surface area (Å²) in [7, 11) is 0. The summed E-state index contributed by atoms with van der Waals surface area (Å²) >= 11 is 0. The Morgan fingerprint density at radius 3 is 1.79 bits per heavy atom. The third-order valence-corrected chi connectivity index (χ3v) is 3.92. The first-order valence-electron chi connectivity index (χ1n) is 8.13. The van der Waals surface area contributed by atoms with Gasteiger partial charge in [0, 0.05) is 0 Å². The molecule has 0 unspecified atom stereocenters. The molecule has 0 aliphatic heterocycles. The fourth-order valence-corrected chi connectivity index (χ4v) is 2.59. The van der Waals surface area contributed by atoms with Crippen LogP contribution in [-0.4, -0.2) is 0 Å². The van der Waals surface area contributed by atoms with Gasteiger partial charge in [0.25, 0.3) is 0 Å². The summed E-state index contributed by atoms with van der Waals surface area (Å²) in [5.41, 5.74) is 5.40. The molecule has 0 atom stereocenters. The molecular weight excluding hydrogens is 228 g/mol. The van der Waals surface area contributed by atoms with E-state index in [4.69, 9.17) is 6.92 Å². The molecule has 0 heterocycles.